The summed E-state index contributed by atoms with van der Waals surface area (Å²) in [7, 11) is 0. The minimum absolute atomic E-state index is 0. The zero-order chi connectivity index (χ0) is 35.6. The molecule has 1 aliphatic carbocycles. The molecule has 2 heterocycles. The number of aliphatic hydroxyl groups is 1. The van der Waals surface area contributed by atoms with Gasteiger partial charge in [-0.3, -0.25) is 9.78 Å². The van der Waals surface area contributed by atoms with E-state index in [2.05, 4.69) is 69.3 Å². The van der Waals surface area contributed by atoms with Crippen LogP contribution in [0, 0.1) is 28.2 Å². The number of carbonyl (C=O) groups excluding carboxylic acids is 1. The summed E-state index contributed by atoms with van der Waals surface area (Å²) in [5.41, 5.74) is 4.21. The van der Waals surface area contributed by atoms with Gasteiger partial charge in [0, 0.05) is 54.3 Å². The summed E-state index contributed by atoms with van der Waals surface area (Å²) in [5.74, 6) is 3.01. The minimum Gasteiger partial charge on any atom is -0.512 e. The maximum Gasteiger partial charge on any atom is 0.164 e. The predicted octanol–water partition coefficient (Wildman–Crippen LogP) is 12.9. The van der Waals surface area contributed by atoms with Crippen LogP contribution in [-0.2, 0) is 37.7 Å². The van der Waals surface area contributed by atoms with Gasteiger partial charge in [-0.2, -0.15) is 0 Å². The Labute approximate surface area is 314 Å². The number of ketones is 1. The fraction of sp³-hybridized carbons (Fsp3) is 0.511. The van der Waals surface area contributed by atoms with E-state index in [0.29, 0.717) is 0 Å². The van der Waals surface area contributed by atoms with E-state index >= 15 is 0 Å². The van der Waals surface area contributed by atoms with Crippen LogP contribution in [0.1, 0.15) is 125 Å². The summed E-state index contributed by atoms with van der Waals surface area (Å²) in [4.78, 5) is 17.0. The number of carbonyl (C=O) groups is 1. The number of nitrogens with zero attached hydrogens (tertiary/aromatic N) is 1. The van der Waals surface area contributed by atoms with E-state index in [9.17, 15) is 9.90 Å². The van der Waals surface area contributed by atoms with Crippen molar-refractivity contribution >= 4 is 27.3 Å². The van der Waals surface area contributed by atoms with E-state index in [-0.39, 0.29) is 47.9 Å². The molecule has 2 aliphatic rings. The second-order valence-electron chi connectivity index (χ2n) is 16.3. The van der Waals surface area contributed by atoms with Crippen molar-refractivity contribution in [3.8, 4) is 22.8 Å². The van der Waals surface area contributed by atoms with Crippen molar-refractivity contribution in [2.24, 2.45) is 22.2 Å². The number of pyridine rings is 1. The van der Waals surface area contributed by atoms with Crippen molar-refractivity contribution < 1.29 is 34.7 Å². The average molecular weight is 853 g/mol. The Kier molecular flexibility index (Phi) is 12.8. The summed E-state index contributed by atoms with van der Waals surface area (Å²) >= 11 is 0. The number of aliphatic hydroxyl groups excluding tert-OH is 1. The van der Waals surface area contributed by atoms with E-state index in [1.165, 1.54) is 53.7 Å². The Morgan fingerprint density at radius 1 is 0.940 bits per heavy atom. The monoisotopic (exact) mass is 853 g/mol. The molecule has 271 valence electrons. The average Bonchev–Trinajstić information content (AvgIpc) is 3.60. The maximum absolute atomic E-state index is 12.2. The molecule has 1 saturated carbocycles. The van der Waals surface area contributed by atoms with Gasteiger partial charge in [0.25, 0.3) is 0 Å². The minimum atomic E-state index is -0.337. The normalized spacial score (nSPS) is 14.9. The zero-order valence-corrected chi connectivity index (χ0v) is 34.3. The number of hydrogen-bond donors (Lipinski definition) is 1. The van der Waals surface area contributed by atoms with Gasteiger partial charge in [0.2, 0.25) is 0 Å². The molecule has 5 heteroatoms. The molecule has 6 rings (SSSR count). The standard InChI is InChI=1S/C30H30NO.C15H28O2.Ir/c1-30(2,3)18-25-23-11-7-6-10-21(23)17-24-28-27-22(12-13-31-28)15-20(14-19-8-4-5-9-19)16-26(27)32-29(24)25;1-7-14(5,8-2)12(16)11-13(17)15(6,9-3)10-4;/h6-7,10-13,15-16,19H,4-5,8-9,14,18H2,1-3H3;11,16H,7-10H2,1-6H3;/q-1;;/b;12-11-;. The summed E-state index contributed by atoms with van der Waals surface area (Å²) in [5, 5.41) is 14.9. The van der Waals surface area contributed by atoms with Gasteiger partial charge in [-0.1, -0.05) is 129 Å². The van der Waals surface area contributed by atoms with Crippen LogP contribution in [0.4, 0.5) is 0 Å². The molecule has 50 heavy (non-hydrogen) atoms. The SMILES string of the molecule is CC(C)(C)Cc1c2c([c-]c3ccccc13)-c1nccc3cc(CC4CCCC4)cc(c13)O2.CCC(C)(CC)C(=O)/C=C(\O)C(C)(CC)CC.[Ir]. The van der Waals surface area contributed by atoms with Crippen LogP contribution in [0.2, 0.25) is 0 Å². The molecule has 1 aliphatic heterocycles. The molecule has 4 aromatic rings. The van der Waals surface area contributed by atoms with Gasteiger partial charge in [0.05, 0.1) is 5.75 Å². The third-order valence-corrected chi connectivity index (χ3v) is 11.7. The molecule has 1 radical (unpaired) electrons. The van der Waals surface area contributed by atoms with Crippen LogP contribution in [0.15, 0.2) is 60.5 Å². The van der Waals surface area contributed by atoms with Gasteiger partial charge in [-0.05, 0) is 72.9 Å². The Morgan fingerprint density at radius 3 is 2.20 bits per heavy atom. The first-order chi connectivity index (χ1) is 23.3. The molecular weight excluding hydrogens is 795 g/mol. The topological polar surface area (TPSA) is 59.4 Å². The van der Waals surface area contributed by atoms with E-state index in [4.69, 9.17) is 9.72 Å². The Morgan fingerprint density at radius 2 is 1.58 bits per heavy atom. The smallest absolute Gasteiger partial charge is 0.164 e. The molecular formula is C45H58IrNO3-. The number of rotatable bonds is 10. The van der Waals surface area contributed by atoms with Crippen molar-refractivity contribution in [3.63, 3.8) is 0 Å². The quantitative estimate of drug-likeness (QED) is 0.0864. The van der Waals surface area contributed by atoms with Gasteiger partial charge >= 0.3 is 0 Å². The van der Waals surface area contributed by atoms with Crippen molar-refractivity contribution in [3.05, 3.63) is 77.7 Å². The van der Waals surface area contributed by atoms with Crippen LogP contribution in [0.25, 0.3) is 32.8 Å². The molecule has 0 unspecified atom stereocenters. The Hall–Kier alpha value is -3.01. The molecule has 3 aromatic carbocycles. The Balaban J connectivity index is 0.000000269. The molecule has 0 atom stereocenters. The number of aromatic nitrogens is 1. The van der Waals surface area contributed by atoms with E-state index in [0.717, 1.165) is 78.0 Å². The van der Waals surface area contributed by atoms with Crippen molar-refractivity contribution in [2.75, 3.05) is 0 Å². The molecule has 1 fully saturated rings. The molecule has 4 nitrogen and oxygen atoms in total. The number of fused-ring (bicyclic) bond motifs is 3. The van der Waals surface area contributed by atoms with Gasteiger partial charge in [-0.15, -0.1) is 17.5 Å². The first kappa shape index (κ1) is 39.8. The second-order valence-corrected chi connectivity index (χ2v) is 16.3. The number of ether oxygens (including phenoxy) is 1. The van der Waals surface area contributed by atoms with Crippen LogP contribution in [-0.4, -0.2) is 15.9 Å². The third-order valence-electron chi connectivity index (χ3n) is 11.7. The third kappa shape index (κ3) is 8.37. The fourth-order valence-electron chi connectivity index (χ4n) is 7.37. The maximum atomic E-state index is 12.2. The summed E-state index contributed by atoms with van der Waals surface area (Å²) in [6.07, 6.45) is 14.3. The van der Waals surface area contributed by atoms with Crippen LogP contribution >= 0.6 is 0 Å². The second kappa shape index (κ2) is 16.1. The van der Waals surface area contributed by atoms with Gasteiger partial charge < -0.3 is 9.84 Å². The van der Waals surface area contributed by atoms with E-state index in [1.807, 2.05) is 47.7 Å². The van der Waals surface area contributed by atoms with Crippen LogP contribution in [0.3, 0.4) is 0 Å². The fourth-order valence-corrected chi connectivity index (χ4v) is 7.37. The first-order valence-corrected chi connectivity index (χ1v) is 18.8. The summed E-state index contributed by atoms with van der Waals surface area (Å²) in [6, 6.07) is 19.0. The van der Waals surface area contributed by atoms with E-state index in [1.54, 1.807) is 0 Å². The van der Waals surface area contributed by atoms with Gasteiger partial charge in [0.1, 0.15) is 11.5 Å². The largest absolute Gasteiger partial charge is 0.512 e. The number of benzene rings is 3. The summed E-state index contributed by atoms with van der Waals surface area (Å²) < 4.78 is 6.77. The molecule has 1 N–H and O–H groups in total. The number of hydrogen-bond acceptors (Lipinski definition) is 4. The van der Waals surface area contributed by atoms with E-state index < -0.39 is 0 Å². The molecule has 0 bridgehead atoms. The van der Waals surface area contributed by atoms with Gasteiger partial charge in [0.15, 0.2) is 5.78 Å². The van der Waals surface area contributed by atoms with Crippen molar-refractivity contribution in [1.82, 2.24) is 4.98 Å². The summed E-state index contributed by atoms with van der Waals surface area (Å²) in [6.45, 7) is 19.0. The molecule has 0 saturated heterocycles. The van der Waals surface area contributed by atoms with Crippen LogP contribution in [0.5, 0.6) is 11.5 Å². The predicted molar refractivity (Wildman–Crippen MR) is 206 cm³/mol. The van der Waals surface area contributed by atoms with Crippen molar-refractivity contribution in [2.45, 2.75) is 127 Å². The molecule has 0 spiro atoms. The molecule has 0 amide bonds. The molecule has 1 aromatic heterocycles. The zero-order valence-electron chi connectivity index (χ0n) is 31.9. The van der Waals surface area contributed by atoms with Crippen molar-refractivity contribution in [1.29, 1.82) is 0 Å². The number of allylic oxidation sites excluding steroid dienone is 2. The van der Waals surface area contributed by atoms with Crippen LogP contribution < -0.4 is 4.74 Å². The Bertz CT molecular complexity index is 1840. The van der Waals surface area contributed by atoms with Gasteiger partial charge in [-0.25, -0.2) is 0 Å². The first-order valence-electron chi connectivity index (χ1n) is 18.8.